The van der Waals surface area contributed by atoms with Crippen molar-refractivity contribution in [3.05, 3.63) is 19.5 Å². The van der Waals surface area contributed by atoms with E-state index in [0.29, 0.717) is 5.92 Å². The lowest BCUT2D eigenvalue weighted by Crippen LogP contribution is -1.81. The number of rotatable bonds is 2. The zero-order chi connectivity index (χ0) is 10.4. The Labute approximate surface area is 108 Å². The summed E-state index contributed by atoms with van der Waals surface area (Å²) in [6.07, 6.45) is 2.48. The third-order valence-corrected chi connectivity index (χ3v) is 4.70. The molecular formula is C9H7Br2N3S. The van der Waals surface area contributed by atoms with Gasteiger partial charge in [-0.25, -0.2) is 4.98 Å². The molecule has 0 aliphatic heterocycles. The average molecular weight is 349 g/mol. The summed E-state index contributed by atoms with van der Waals surface area (Å²) in [5, 5.41) is 7.25. The van der Waals surface area contributed by atoms with Crippen LogP contribution in [-0.2, 0) is 0 Å². The molecule has 1 aliphatic carbocycles. The molecule has 78 valence electrons. The Morgan fingerprint density at radius 1 is 1.40 bits per heavy atom. The fourth-order valence-corrected chi connectivity index (χ4v) is 4.22. The van der Waals surface area contributed by atoms with E-state index in [2.05, 4.69) is 47.0 Å². The van der Waals surface area contributed by atoms with Crippen LogP contribution >= 0.6 is 43.2 Å². The van der Waals surface area contributed by atoms with E-state index < -0.39 is 0 Å². The van der Waals surface area contributed by atoms with Crippen LogP contribution in [0.2, 0.25) is 0 Å². The van der Waals surface area contributed by atoms with Crippen molar-refractivity contribution in [3.63, 3.8) is 0 Å². The Bertz CT molecular complexity index is 501. The summed E-state index contributed by atoms with van der Waals surface area (Å²) in [6.45, 7) is 0. The minimum atomic E-state index is 0.618. The van der Waals surface area contributed by atoms with Crippen LogP contribution in [0.3, 0.4) is 0 Å². The number of hydrogen-bond donors (Lipinski definition) is 1. The topological polar surface area (TPSA) is 41.6 Å². The van der Waals surface area contributed by atoms with Gasteiger partial charge in [0.15, 0.2) is 5.82 Å². The third-order valence-electron chi connectivity index (χ3n) is 2.36. The molecule has 1 fully saturated rings. The van der Waals surface area contributed by atoms with E-state index in [1.165, 1.54) is 12.8 Å². The number of thiophene rings is 1. The zero-order valence-corrected chi connectivity index (χ0v) is 11.6. The van der Waals surface area contributed by atoms with E-state index in [1.807, 2.05) is 6.07 Å². The summed E-state index contributed by atoms with van der Waals surface area (Å²) >= 11 is 8.60. The van der Waals surface area contributed by atoms with Gasteiger partial charge in [0.05, 0.1) is 7.57 Å². The molecule has 0 radical (unpaired) electrons. The minimum absolute atomic E-state index is 0.618. The van der Waals surface area contributed by atoms with Crippen LogP contribution in [0.15, 0.2) is 13.6 Å². The highest BCUT2D eigenvalue weighted by atomic mass is 79.9. The number of aromatic amines is 1. The van der Waals surface area contributed by atoms with Crippen LogP contribution in [-0.4, -0.2) is 15.2 Å². The minimum Gasteiger partial charge on any atom is -0.262 e. The maximum atomic E-state index is 4.51. The molecule has 2 heterocycles. The monoisotopic (exact) mass is 347 g/mol. The molecule has 1 N–H and O–H groups in total. The first-order valence-electron chi connectivity index (χ1n) is 4.61. The molecule has 1 aliphatic rings. The first-order chi connectivity index (χ1) is 7.24. The molecule has 0 bridgehead atoms. The molecule has 0 saturated heterocycles. The van der Waals surface area contributed by atoms with Crippen molar-refractivity contribution in [2.45, 2.75) is 18.8 Å². The van der Waals surface area contributed by atoms with Gasteiger partial charge in [-0.1, -0.05) is 0 Å². The first kappa shape index (κ1) is 9.99. The molecule has 0 spiro atoms. The van der Waals surface area contributed by atoms with Crippen molar-refractivity contribution in [1.82, 2.24) is 15.2 Å². The highest BCUT2D eigenvalue weighted by molar-refractivity contribution is 9.12. The van der Waals surface area contributed by atoms with Crippen molar-refractivity contribution in [1.29, 1.82) is 0 Å². The van der Waals surface area contributed by atoms with Crippen molar-refractivity contribution >= 4 is 43.2 Å². The van der Waals surface area contributed by atoms with Crippen LogP contribution in [0.4, 0.5) is 0 Å². The van der Waals surface area contributed by atoms with E-state index in [4.69, 9.17) is 0 Å². The molecule has 3 rings (SSSR count). The molecule has 2 aromatic heterocycles. The van der Waals surface area contributed by atoms with E-state index in [1.54, 1.807) is 11.3 Å². The molecule has 1 saturated carbocycles. The molecule has 15 heavy (non-hydrogen) atoms. The highest BCUT2D eigenvalue weighted by Crippen LogP contribution is 2.40. The molecule has 6 heteroatoms. The second-order valence-corrected chi connectivity index (χ2v) is 7.31. The number of aromatic nitrogens is 3. The molecule has 0 unspecified atom stereocenters. The summed E-state index contributed by atoms with van der Waals surface area (Å²) < 4.78 is 2.15. The van der Waals surface area contributed by atoms with Crippen LogP contribution in [0.5, 0.6) is 0 Å². The second-order valence-electron chi connectivity index (χ2n) is 3.56. The van der Waals surface area contributed by atoms with E-state index in [9.17, 15) is 0 Å². The SMILES string of the molecule is Brc1cc(-c2n[nH]c(C3CC3)n2)c(Br)s1. The van der Waals surface area contributed by atoms with Crippen LogP contribution in [0.1, 0.15) is 24.6 Å². The van der Waals surface area contributed by atoms with Gasteiger partial charge < -0.3 is 0 Å². The van der Waals surface area contributed by atoms with Gasteiger partial charge in [0.1, 0.15) is 5.82 Å². The standard InChI is InChI=1S/C9H7Br2N3S/c10-6-3-5(7(11)15-6)9-12-8(13-14-9)4-1-2-4/h3-4H,1-2H2,(H,12,13,14). The summed E-state index contributed by atoms with van der Waals surface area (Å²) in [4.78, 5) is 4.51. The summed E-state index contributed by atoms with van der Waals surface area (Å²) in [6, 6.07) is 2.04. The number of H-pyrrole nitrogens is 1. The van der Waals surface area contributed by atoms with E-state index in [-0.39, 0.29) is 0 Å². The summed E-state index contributed by atoms with van der Waals surface area (Å²) in [5.41, 5.74) is 1.05. The summed E-state index contributed by atoms with van der Waals surface area (Å²) in [5.74, 6) is 2.43. The van der Waals surface area contributed by atoms with Gasteiger partial charge in [0.2, 0.25) is 0 Å². The molecule has 0 amide bonds. The molecular weight excluding hydrogens is 342 g/mol. The summed E-state index contributed by atoms with van der Waals surface area (Å²) in [7, 11) is 0. The molecule has 3 nitrogen and oxygen atoms in total. The zero-order valence-electron chi connectivity index (χ0n) is 7.63. The lowest BCUT2D eigenvalue weighted by molar-refractivity contribution is 0.935. The molecule has 0 aromatic carbocycles. The van der Waals surface area contributed by atoms with Crippen molar-refractivity contribution in [3.8, 4) is 11.4 Å². The van der Waals surface area contributed by atoms with Crippen molar-refractivity contribution in [2.24, 2.45) is 0 Å². The Balaban J connectivity index is 2.00. The average Bonchev–Trinajstić information content (AvgIpc) is 2.83. The Morgan fingerprint density at radius 2 is 2.20 bits per heavy atom. The lowest BCUT2D eigenvalue weighted by atomic mass is 10.3. The Morgan fingerprint density at radius 3 is 2.80 bits per heavy atom. The number of nitrogens with zero attached hydrogens (tertiary/aromatic N) is 2. The number of nitrogens with one attached hydrogen (secondary N) is 1. The molecule has 2 aromatic rings. The number of halogens is 2. The van der Waals surface area contributed by atoms with Crippen LogP contribution in [0, 0.1) is 0 Å². The van der Waals surface area contributed by atoms with E-state index in [0.717, 1.165) is 24.8 Å². The predicted molar refractivity (Wildman–Crippen MR) is 67.1 cm³/mol. The fourth-order valence-electron chi connectivity index (χ4n) is 1.43. The predicted octanol–water partition coefficient (Wildman–Crippen LogP) is 3.94. The van der Waals surface area contributed by atoms with Gasteiger partial charge in [0.25, 0.3) is 0 Å². The van der Waals surface area contributed by atoms with E-state index >= 15 is 0 Å². The van der Waals surface area contributed by atoms with Gasteiger partial charge in [-0.2, -0.15) is 5.10 Å². The Hall–Kier alpha value is -0.200. The van der Waals surface area contributed by atoms with Crippen LogP contribution < -0.4 is 0 Å². The highest BCUT2D eigenvalue weighted by Gasteiger charge is 2.27. The largest absolute Gasteiger partial charge is 0.262 e. The quantitative estimate of drug-likeness (QED) is 0.893. The maximum absolute atomic E-state index is 4.51. The lowest BCUT2D eigenvalue weighted by Gasteiger charge is -1.88. The normalized spacial score (nSPS) is 15.9. The van der Waals surface area contributed by atoms with Crippen LogP contribution in [0.25, 0.3) is 11.4 Å². The Kier molecular flexibility index (Phi) is 2.45. The van der Waals surface area contributed by atoms with Gasteiger partial charge in [-0.15, -0.1) is 11.3 Å². The van der Waals surface area contributed by atoms with Crippen molar-refractivity contribution < 1.29 is 0 Å². The maximum Gasteiger partial charge on any atom is 0.183 e. The fraction of sp³-hybridized carbons (Fsp3) is 0.333. The number of hydrogen-bond acceptors (Lipinski definition) is 3. The molecule has 0 atom stereocenters. The van der Waals surface area contributed by atoms with Gasteiger partial charge in [-0.05, 0) is 50.8 Å². The first-order valence-corrected chi connectivity index (χ1v) is 7.02. The van der Waals surface area contributed by atoms with Crippen molar-refractivity contribution in [2.75, 3.05) is 0 Å². The second kappa shape index (κ2) is 3.68. The smallest absolute Gasteiger partial charge is 0.183 e. The third kappa shape index (κ3) is 1.90. The van der Waals surface area contributed by atoms with Gasteiger partial charge in [-0.3, -0.25) is 5.10 Å². The van der Waals surface area contributed by atoms with Gasteiger partial charge >= 0.3 is 0 Å². The van der Waals surface area contributed by atoms with Gasteiger partial charge in [0, 0.05) is 11.5 Å².